The van der Waals surface area contributed by atoms with Crippen molar-refractivity contribution < 1.29 is 0 Å². The van der Waals surface area contributed by atoms with Crippen LogP contribution in [0.3, 0.4) is 0 Å². The summed E-state index contributed by atoms with van der Waals surface area (Å²) in [5.41, 5.74) is 6.63. The molecule has 0 aliphatic carbocycles. The summed E-state index contributed by atoms with van der Waals surface area (Å²) in [7, 11) is 1.87. The van der Waals surface area contributed by atoms with Crippen molar-refractivity contribution in [1.82, 2.24) is 5.32 Å². The van der Waals surface area contributed by atoms with E-state index >= 15 is 0 Å². The van der Waals surface area contributed by atoms with Crippen molar-refractivity contribution in [3.05, 3.63) is 33.3 Å². The minimum Gasteiger partial charge on any atom is -0.329 e. The number of nitrogens with one attached hydrogen (secondary N) is 1. The first-order valence-electron chi connectivity index (χ1n) is 4.01. The maximum absolute atomic E-state index is 6.06. The zero-order chi connectivity index (χ0) is 9.84. The number of hydrogen-bond donors (Lipinski definition) is 2. The lowest BCUT2D eigenvalue weighted by molar-refractivity contribution is 0.606. The minimum absolute atomic E-state index is 0.126. The van der Waals surface area contributed by atoms with Crippen LogP contribution in [0.25, 0.3) is 0 Å². The van der Waals surface area contributed by atoms with Crippen molar-refractivity contribution in [2.45, 2.75) is 6.04 Å². The predicted octanol–water partition coefficient (Wildman–Crippen LogP) is 2.32. The first kappa shape index (κ1) is 11.0. The molecular weight excluding hydrogens is 251 g/mol. The van der Waals surface area contributed by atoms with Gasteiger partial charge in [-0.2, -0.15) is 0 Å². The molecule has 1 aromatic rings. The van der Waals surface area contributed by atoms with Crippen LogP contribution in [0, 0.1) is 0 Å². The average molecular weight is 264 g/mol. The lowest BCUT2D eigenvalue weighted by atomic mass is 10.1. The smallest absolute Gasteiger partial charge is 0.0465 e. The molecule has 13 heavy (non-hydrogen) atoms. The normalized spacial score (nSPS) is 12.9. The quantitative estimate of drug-likeness (QED) is 0.878. The predicted molar refractivity (Wildman–Crippen MR) is 60.0 cm³/mol. The van der Waals surface area contributed by atoms with Gasteiger partial charge in [0.15, 0.2) is 0 Å². The summed E-state index contributed by atoms with van der Waals surface area (Å²) in [6, 6.07) is 5.93. The SMILES string of the molecule is CNC(CN)c1ccc(Br)cc1Cl. The Morgan fingerprint density at radius 2 is 2.31 bits per heavy atom. The molecule has 0 heterocycles. The van der Waals surface area contributed by atoms with Crippen LogP contribution in [0.1, 0.15) is 11.6 Å². The number of likely N-dealkylation sites (N-methyl/N-ethyl adjacent to an activating group) is 1. The van der Waals surface area contributed by atoms with Crippen LogP contribution >= 0.6 is 27.5 Å². The molecule has 1 aromatic carbocycles. The van der Waals surface area contributed by atoms with E-state index in [2.05, 4.69) is 21.2 Å². The van der Waals surface area contributed by atoms with Gasteiger partial charge in [0.25, 0.3) is 0 Å². The molecule has 1 rings (SSSR count). The molecule has 0 amide bonds. The Balaban J connectivity index is 2.99. The summed E-state index contributed by atoms with van der Waals surface area (Å²) in [6.07, 6.45) is 0. The molecule has 0 aliphatic rings. The minimum atomic E-state index is 0.126. The first-order valence-corrected chi connectivity index (χ1v) is 5.18. The number of halogens is 2. The van der Waals surface area contributed by atoms with Gasteiger partial charge in [-0.05, 0) is 24.7 Å². The summed E-state index contributed by atoms with van der Waals surface area (Å²) in [6.45, 7) is 0.540. The fourth-order valence-electron chi connectivity index (χ4n) is 1.18. The van der Waals surface area contributed by atoms with Gasteiger partial charge in [-0.1, -0.05) is 33.6 Å². The Labute approximate surface area is 91.6 Å². The molecule has 0 bridgehead atoms. The molecule has 1 atom stereocenters. The van der Waals surface area contributed by atoms with Gasteiger partial charge in [0.2, 0.25) is 0 Å². The summed E-state index contributed by atoms with van der Waals surface area (Å²) < 4.78 is 0.980. The Morgan fingerprint density at radius 1 is 1.62 bits per heavy atom. The van der Waals surface area contributed by atoms with E-state index in [1.54, 1.807) is 0 Å². The van der Waals surface area contributed by atoms with Crippen molar-refractivity contribution in [2.24, 2.45) is 5.73 Å². The number of rotatable bonds is 3. The highest BCUT2D eigenvalue weighted by Gasteiger charge is 2.10. The van der Waals surface area contributed by atoms with Gasteiger partial charge in [-0.3, -0.25) is 0 Å². The molecular formula is C9H12BrClN2. The third-order valence-corrected chi connectivity index (χ3v) is 2.74. The lowest BCUT2D eigenvalue weighted by Crippen LogP contribution is -2.25. The number of hydrogen-bond acceptors (Lipinski definition) is 2. The summed E-state index contributed by atoms with van der Waals surface area (Å²) >= 11 is 9.41. The molecule has 0 saturated heterocycles. The highest BCUT2D eigenvalue weighted by molar-refractivity contribution is 9.10. The second kappa shape index (κ2) is 4.96. The first-order chi connectivity index (χ1) is 6.19. The lowest BCUT2D eigenvalue weighted by Gasteiger charge is -2.15. The summed E-state index contributed by atoms with van der Waals surface area (Å²) in [5.74, 6) is 0. The average Bonchev–Trinajstić information content (AvgIpc) is 2.10. The summed E-state index contributed by atoms with van der Waals surface area (Å²) in [4.78, 5) is 0. The molecule has 0 saturated carbocycles. The van der Waals surface area contributed by atoms with Gasteiger partial charge >= 0.3 is 0 Å². The Bertz CT molecular complexity index is 287. The van der Waals surface area contributed by atoms with E-state index in [9.17, 15) is 0 Å². The Hall–Kier alpha value is -0.0900. The molecule has 0 aliphatic heterocycles. The van der Waals surface area contributed by atoms with Crippen molar-refractivity contribution >= 4 is 27.5 Å². The highest BCUT2D eigenvalue weighted by Crippen LogP contribution is 2.25. The Kier molecular flexibility index (Phi) is 4.19. The van der Waals surface area contributed by atoms with Crippen molar-refractivity contribution in [1.29, 1.82) is 0 Å². The van der Waals surface area contributed by atoms with Gasteiger partial charge in [-0.25, -0.2) is 0 Å². The van der Waals surface area contributed by atoms with E-state index in [1.807, 2.05) is 25.2 Å². The zero-order valence-electron chi connectivity index (χ0n) is 7.35. The van der Waals surface area contributed by atoms with E-state index in [4.69, 9.17) is 17.3 Å². The van der Waals surface area contributed by atoms with E-state index in [-0.39, 0.29) is 6.04 Å². The van der Waals surface area contributed by atoms with Crippen LogP contribution in [0.2, 0.25) is 5.02 Å². The second-order valence-corrected chi connectivity index (χ2v) is 4.07. The van der Waals surface area contributed by atoms with Gasteiger partial charge < -0.3 is 11.1 Å². The molecule has 2 nitrogen and oxygen atoms in total. The molecule has 0 aromatic heterocycles. The van der Waals surface area contributed by atoms with Crippen LogP contribution in [0.4, 0.5) is 0 Å². The largest absolute Gasteiger partial charge is 0.329 e. The van der Waals surface area contributed by atoms with Crippen LogP contribution in [0.5, 0.6) is 0 Å². The third-order valence-electron chi connectivity index (χ3n) is 1.92. The molecule has 72 valence electrons. The number of benzene rings is 1. The fourth-order valence-corrected chi connectivity index (χ4v) is 1.99. The zero-order valence-corrected chi connectivity index (χ0v) is 9.69. The second-order valence-electron chi connectivity index (χ2n) is 2.74. The summed E-state index contributed by atoms with van der Waals surface area (Å²) in [5, 5.41) is 3.84. The molecule has 0 radical (unpaired) electrons. The van der Waals surface area contributed by atoms with Crippen LogP contribution in [-0.2, 0) is 0 Å². The molecule has 4 heteroatoms. The van der Waals surface area contributed by atoms with E-state index in [0.717, 1.165) is 15.1 Å². The van der Waals surface area contributed by atoms with Crippen molar-refractivity contribution in [2.75, 3.05) is 13.6 Å². The Morgan fingerprint density at radius 3 is 2.77 bits per heavy atom. The standard InChI is InChI=1S/C9H12BrClN2/c1-13-9(5-12)7-3-2-6(10)4-8(7)11/h2-4,9,13H,5,12H2,1H3. The van der Waals surface area contributed by atoms with E-state index < -0.39 is 0 Å². The monoisotopic (exact) mass is 262 g/mol. The highest BCUT2D eigenvalue weighted by atomic mass is 79.9. The van der Waals surface area contributed by atoms with Gasteiger partial charge in [-0.15, -0.1) is 0 Å². The van der Waals surface area contributed by atoms with Gasteiger partial charge in [0.05, 0.1) is 0 Å². The molecule has 0 fully saturated rings. The maximum atomic E-state index is 6.06. The number of nitrogens with two attached hydrogens (primary N) is 1. The van der Waals surface area contributed by atoms with Crippen LogP contribution < -0.4 is 11.1 Å². The van der Waals surface area contributed by atoms with Gasteiger partial charge in [0.1, 0.15) is 0 Å². The van der Waals surface area contributed by atoms with Crippen LogP contribution in [-0.4, -0.2) is 13.6 Å². The van der Waals surface area contributed by atoms with Crippen molar-refractivity contribution in [3.8, 4) is 0 Å². The molecule has 3 N–H and O–H groups in total. The molecule has 1 unspecified atom stereocenters. The van der Waals surface area contributed by atoms with Crippen molar-refractivity contribution in [3.63, 3.8) is 0 Å². The van der Waals surface area contributed by atoms with Crippen LogP contribution in [0.15, 0.2) is 22.7 Å². The van der Waals surface area contributed by atoms with E-state index in [0.29, 0.717) is 6.54 Å². The van der Waals surface area contributed by atoms with Gasteiger partial charge in [0, 0.05) is 22.1 Å². The third kappa shape index (κ3) is 2.68. The van der Waals surface area contributed by atoms with E-state index in [1.165, 1.54) is 0 Å². The topological polar surface area (TPSA) is 38.0 Å². The maximum Gasteiger partial charge on any atom is 0.0465 e. The fraction of sp³-hybridized carbons (Fsp3) is 0.333. The molecule has 0 spiro atoms.